The molecule has 6 N–H and O–H groups in total. The van der Waals surface area contributed by atoms with Gasteiger partial charge in [0.05, 0.1) is 0 Å². The summed E-state index contributed by atoms with van der Waals surface area (Å²) < 4.78 is 0. The lowest BCUT2D eigenvalue weighted by Crippen LogP contribution is -1.84. The summed E-state index contributed by atoms with van der Waals surface area (Å²) in [5, 5.41) is 14.2. The van der Waals surface area contributed by atoms with Crippen LogP contribution in [0.4, 0.5) is 11.9 Å². The summed E-state index contributed by atoms with van der Waals surface area (Å²) in [5.74, 6) is 0.661. The van der Waals surface area contributed by atoms with Crippen LogP contribution in [0.3, 0.4) is 0 Å². The van der Waals surface area contributed by atoms with Gasteiger partial charge in [-0.3, -0.25) is 0 Å². The summed E-state index contributed by atoms with van der Waals surface area (Å²) in [6, 6.07) is 0. The number of nitrogens with one attached hydrogen (secondary N) is 2. The monoisotopic (exact) mass is 422 g/mol. The molecule has 0 unspecified atom stereocenters. The quantitative estimate of drug-likeness (QED) is 0.344. The molecular weight excluding hydrogens is 417 g/mol. The molecule has 0 saturated heterocycles. The van der Waals surface area contributed by atoms with Crippen molar-refractivity contribution in [2.45, 2.75) is 10.3 Å². The Kier molecular flexibility index (Phi) is 8.22. The van der Waals surface area contributed by atoms with Crippen molar-refractivity contribution >= 4 is 92.4 Å². The highest BCUT2D eigenvalue weighted by molar-refractivity contribution is 9.48. The Labute approximate surface area is 143 Å². The minimum Gasteiger partial charge on any atom is -0.368 e. The average molecular weight is 423 g/mol. The summed E-state index contributed by atoms with van der Waals surface area (Å²) in [6.07, 6.45) is 0. The Bertz CT molecular complexity index is 468. The van der Waals surface area contributed by atoms with Crippen molar-refractivity contribution in [2.75, 3.05) is 11.5 Å². The topological polar surface area (TPSA) is 135 Å². The number of anilines is 2. The third kappa shape index (κ3) is 6.63. The first kappa shape index (κ1) is 17.0. The van der Waals surface area contributed by atoms with Crippen LogP contribution in [0.15, 0.2) is 10.3 Å². The van der Waals surface area contributed by atoms with Gasteiger partial charge in [-0.1, -0.05) is 0 Å². The second-order valence-electron chi connectivity index (χ2n) is 2.58. The molecule has 0 amide bonds. The zero-order valence-corrected chi connectivity index (χ0v) is 15.7. The van der Waals surface area contributed by atoms with Crippen molar-refractivity contribution in [2.24, 2.45) is 0 Å². The molecule has 0 saturated carbocycles. The third-order valence-corrected chi connectivity index (χ3v) is 15.8. The summed E-state index contributed by atoms with van der Waals surface area (Å²) in [6.45, 7) is 0. The molecule has 2 heterocycles. The van der Waals surface area contributed by atoms with Gasteiger partial charge in [-0.15, -0.1) is 10.2 Å². The van der Waals surface area contributed by atoms with E-state index in [-0.39, 0.29) is 0 Å². The Morgan fingerprint density at radius 3 is 1.40 bits per heavy atom. The molecule has 0 aliphatic carbocycles. The molecule has 0 aromatic carbocycles. The molecule has 0 aliphatic rings. The van der Waals surface area contributed by atoms with E-state index in [1.807, 2.05) is 0 Å². The fourth-order valence-corrected chi connectivity index (χ4v) is 16.4. The Hall–Kier alpha value is 0.680. The summed E-state index contributed by atoms with van der Waals surface area (Å²) >= 11 is 0. The zero-order chi connectivity index (χ0) is 14.2. The predicted octanol–water partition coefficient (Wildman–Crippen LogP) is 3.78. The highest BCUT2D eigenvalue weighted by atomic mass is 34.0. The fourth-order valence-electron chi connectivity index (χ4n) is 0.725. The van der Waals surface area contributed by atoms with Crippen LogP contribution in [0.2, 0.25) is 0 Å². The van der Waals surface area contributed by atoms with Gasteiger partial charge in [-0.2, -0.15) is 9.97 Å². The lowest BCUT2D eigenvalue weighted by atomic mass is 11.1. The van der Waals surface area contributed by atoms with Gasteiger partial charge >= 0.3 is 0 Å². The number of hydrogen-bond acceptors (Lipinski definition) is 14. The van der Waals surface area contributed by atoms with E-state index in [2.05, 4.69) is 30.4 Å². The van der Waals surface area contributed by atoms with Gasteiger partial charge in [0.15, 0.2) is 0 Å². The number of nitrogens with zero attached hydrogens (tertiary/aromatic N) is 4. The van der Waals surface area contributed by atoms with Crippen molar-refractivity contribution in [1.82, 2.24) is 30.4 Å². The van der Waals surface area contributed by atoms with Crippen LogP contribution in [0.5, 0.6) is 0 Å². The highest BCUT2D eigenvalue weighted by Crippen LogP contribution is 2.58. The predicted molar refractivity (Wildman–Crippen MR) is 98.9 cm³/mol. The smallest absolute Gasteiger partial charge is 0.221 e. The van der Waals surface area contributed by atoms with E-state index in [1.54, 1.807) is 59.0 Å². The molecule has 2 aromatic heterocycles. The van der Waals surface area contributed by atoms with E-state index in [0.717, 1.165) is 0 Å². The summed E-state index contributed by atoms with van der Waals surface area (Å²) in [4.78, 5) is 7.96. The van der Waals surface area contributed by atoms with Crippen molar-refractivity contribution in [1.29, 1.82) is 0 Å². The van der Waals surface area contributed by atoms with Crippen molar-refractivity contribution in [3.63, 3.8) is 0 Å². The zero-order valence-electron chi connectivity index (χ0n) is 9.21. The molecule has 110 valence electrons. The summed E-state index contributed by atoms with van der Waals surface area (Å²) in [5.41, 5.74) is 10.8. The number of nitrogens with two attached hydrogens (primary N) is 2. The molecule has 2 aromatic rings. The Morgan fingerprint density at radius 1 is 0.650 bits per heavy atom. The number of nitrogen functional groups attached to an aromatic ring is 2. The fraction of sp³-hybridized carbons (Fsp3) is 0. The molecule has 0 atom stereocenters. The van der Waals surface area contributed by atoms with Crippen molar-refractivity contribution in [3.05, 3.63) is 0 Å². The van der Waals surface area contributed by atoms with Crippen molar-refractivity contribution < 1.29 is 0 Å². The number of H-pyrrole nitrogens is 2. The third-order valence-electron chi connectivity index (χ3n) is 1.32. The minimum absolute atomic E-state index is 0.330. The maximum absolute atomic E-state index is 5.42. The van der Waals surface area contributed by atoms with Crippen molar-refractivity contribution in [3.8, 4) is 0 Å². The molecule has 2 rings (SSSR count). The maximum atomic E-state index is 5.42. The first-order valence-corrected chi connectivity index (χ1v) is 14.6. The normalized spacial score (nSPS) is 11.0. The molecule has 0 bridgehead atoms. The van der Waals surface area contributed by atoms with Crippen LogP contribution in [0.25, 0.3) is 0 Å². The van der Waals surface area contributed by atoms with Crippen LogP contribution in [0.1, 0.15) is 0 Å². The first-order chi connectivity index (χ1) is 9.74. The van der Waals surface area contributed by atoms with Gasteiger partial charge in [0, 0.05) is 0 Å². The number of aromatic nitrogens is 6. The van der Waals surface area contributed by atoms with E-state index in [9.17, 15) is 0 Å². The lowest BCUT2D eigenvalue weighted by Gasteiger charge is -1.95. The second kappa shape index (κ2) is 9.65. The van der Waals surface area contributed by atoms with Gasteiger partial charge in [0.25, 0.3) is 0 Å². The SMILES string of the molecule is Nc1nc(SSSSSSSSc2n[nH]c(N)n2)n[nH]1. The Balaban J connectivity index is 1.44. The molecule has 0 spiro atoms. The molecule has 0 fully saturated rings. The average Bonchev–Trinajstić information content (AvgIpc) is 3.02. The van der Waals surface area contributed by atoms with E-state index in [4.69, 9.17) is 11.5 Å². The highest BCUT2D eigenvalue weighted by Gasteiger charge is 2.04. The van der Waals surface area contributed by atoms with Crippen LogP contribution < -0.4 is 11.5 Å². The van der Waals surface area contributed by atoms with E-state index in [1.165, 1.54) is 21.6 Å². The number of aromatic amines is 2. The van der Waals surface area contributed by atoms with Crippen LogP contribution >= 0.6 is 80.5 Å². The molecule has 20 heavy (non-hydrogen) atoms. The van der Waals surface area contributed by atoms with Crippen LogP contribution in [-0.4, -0.2) is 30.4 Å². The Morgan fingerprint density at radius 2 is 1.05 bits per heavy atom. The van der Waals surface area contributed by atoms with Gasteiger partial charge < -0.3 is 11.5 Å². The lowest BCUT2D eigenvalue weighted by molar-refractivity contribution is 0.979. The first-order valence-electron chi connectivity index (χ1n) is 4.44. The molecular formula is C4H6N8S8. The standard InChI is InChI=1S/C4H6N8S8/c5-1-7-3(11-9-1)13-15-17-19-20-18-16-14-4-8-2(6)10-12-4/h(H3,5,7,9,11)(H3,6,8,10,12). The van der Waals surface area contributed by atoms with Crippen LogP contribution in [-0.2, 0) is 0 Å². The van der Waals surface area contributed by atoms with E-state index >= 15 is 0 Å². The van der Waals surface area contributed by atoms with Gasteiger partial charge in [-0.25, -0.2) is 10.2 Å². The van der Waals surface area contributed by atoms with Gasteiger partial charge in [0.1, 0.15) is 0 Å². The largest absolute Gasteiger partial charge is 0.368 e. The van der Waals surface area contributed by atoms with Gasteiger partial charge in [-0.05, 0) is 80.5 Å². The molecule has 8 nitrogen and oxygen atoms in total. The van der Waals surface area contributed by atoms with E-state index < -0.39 is 0 Å². The summed E-state index contributed by atoms with van der Waals surface area (Å²) in [7, 11) is 12.6. The molecule has 0 aliphatic heterocycles. The van der Waals surface area contributed by atoms with E-state index in [0.29, 0.717) is 22.2 Å². The molecule has 16 heteroatoms. The minimum atomic E-state index is 0.330. The number of hydrogen-bond donors (Lipinski definition) is 4. The van der Waals surface area contributed by atoms with Crippen LogP contribution in [0, 0.1) is 0 Å². The maximum Gasteiger partial charge on any atom is 0.221 e. The van der Waals surface area contributed by atoms with Gasteiger partial charge in [0.2, 0.25) is 22.2 Å². The number of rotatable bonds is 9. The molecule has 0 radical (unpaired) electrons. The second-order valence-corrected chi connectivity index (χ2v) is 15.3.